The maximum Gasteiger partial charge on any atom is 0.265 e. The monoisotopic (exact) mass is 813 g/mol. The van der Waals surface area contributed by atoms with Gasteiger partial charge in [0.05, 0.1) is 4.47 Å². The largest absolute Gasteiger partial charge is 0.487 e. The highest BCUT2D eigenvalue weighted by molar-refractivity contribution is 9.10. The quantitative estimate of drug-likeness (QED) is 0.108. The molecule has 8 rings (SSSR count). The lowest BCUT2D eigenvalue weighted by Crippen LogP contribution is -2.43. The SMILES string of the molecule is C1CCNC1.Cc1c(CC2C[C@H]3Cc4onc(OCc5ccccc5)c4C(=O)[C@]34OC4=C2C=O)c(F)c(CNCC(C)(C)C)c(Br)c1OCc1ccccc1. The minimum absolute atomic E-state index is 0.00259. The van der Waals surface area contributed by atoms with Crippen molar-refractivity contribution >= 4 is 28.0 Å². The maximum absolute atomic E-state index is 16.7. The molecule has 0 saturated carbocycles. The smallest absolute Gasteiger partial charge is 0.265 e. The van der Waals surface area contributed by atoms with Crippen molar-refractivity contribution < 1.29 is 32.7 Å². The molecule has 55 heavy (non-hydrogen) atoms. The van der Waals surface area contributed by atoms with E-state index >= 15 is 4.39 Å². The van der Waals surface area contributed by atoms with Crippen molar-refractivity contribution in [3.63, 3.8) is 0 Å². The summed E-state index contributed by atoms with van der Waals surface area (Å²) >= 11 is 3.68. The van der Waals surface area contributed by atoms with Crippen LogP contribution in [0.3, 0.4) is 0 Å². The first-order valence-electron chi connectivity index (χ1n) is 19.2. The molecule has 0 amide bonds. The zero-order valence-corrected chi connectivity index (χ0v) is 33.5. The predicted octanol–water partition coefficient (Wildman–Crippen LogP) is 8.39. The highest BCUT2D eigenvalue weighted by atomic mass is 79.9. The number of carbonyl (C=O) groups excluding carboxylic acids is 2. The number of fused-ring (bicyclic) bond motifs is 1. The van der Waals surface area contributed by atoms with Gasteiger partial charge in [-0.05, 0) is 100 Å². The lowest BCUT2D eigenvalue weighted by atomic mass is 9.66. The van der Waals surface area contributed by atoms with Crippen LogP contribution in [0.2, 0.25) is 0 Å². The van der Waals surface area contributed by atoms with Gasteiger partial charge in [0.15, 0.2) is 11.5 Å². The standard InChI is InChI=1S/C40H40BrFN2O6.C4H9N/c1-23-28(34(42)29(18-43-22-39(2,3)4)33(41)35(23)47-20-24-11-7-5-8-12-24)16-26-15-27-17-31-32(36(46)40(27)37(49-40)30(26)19-45)38(44-50-31)48-21-25-13-9-6-10-14-25;1-2-4-5-3-1/h5-14,19,26-27,43H,15-18,20-22H2,1-4H3;5H,1-4H2/t26?,27-,40+;/m0./s1. The normalized spacial score (nSPS) is 21.1. The number of Topliss-reactive ketones (excluding diaryl/α,β-unsaturated/α-hetero) is 1. The molecule has 1 unspecified atom stereocenters. The first-order chi connectivity index (χ1) is 26.5. The van der Waals surface area contributed by atoms with Crippen LogP contribution in [0.15, 0.2) is 81.0 Å². The molecule has 2 aliphatic heterocycles. The Bertz CT molecular complexity index is 2050. The van der Waals surface area contributed by atoms with Crippen molar-refractivity contribution in [3.05, 3.63) is 121 Å². The lowest BCUT2D eigenvalue weighted by Gasteiger charge is -2.32. The van der Waals surface area contributed by atoms with E-state index < -0.39 is 5.60 Å². The molecular weight excluding hydrogens is 765 g/mol. The Morgan fingerprint density at radius 1 is 1.02 bits per heavy atom. The van der Waals surface area contributed by atoms with Gasteiger partial charge in [-0.1, -0.05) is 81.4 Å². The van der Waals surface area contributed by atoms with Gasteiger partial charge in [0.1, 0.15) is 36.6 Å². The molecule has 2 saturated heterocycles. The first kappa shape index (κ1) is 38.9. The third-order valence-electron chi connectivity index (χ3n) is 10.9. The number of carbonyl (C=O) groups is 2. The van der Waals surface area contributed by atoms with E-state index in [0.717, 1.165) is 17.4 Å². The van der Waals surface area contributed by atoms with Crippen LogP contribution in [0.4, 0.5) is 4.39 Å². The number of ether oxygens (including phenoxy) is 3. The van der Waals surface area contributed by atoms with E-state index in [1.807, 2.05) is 67.6 Å². The molecule has 2 aliphatic carbocycles. The van der Waals surface area contributed by atoms with Gasteiger partial charge in [-0.2, -0.15) is 0 Å². The van der Waals surface area contributed by atoms with Gasteiger partial charge in [-0.15, -0.1) is 0 Å². The molecule has 3 heterocycles. The third-order valence-corrected chi connectivity index (χ3v) is 11.7. The van der Waals surface area contributed by atoms with Crippen molar-refractivity contribution in [3.8, 4) is 11.6 Å². The van der Waals surface area contributed by atoms with Gasteiger partial charge in [0, 0.05) is 36.6 Å². The average molecular weight is 815 g/mol. The summed E-state index contributed by atoms with van der Waals surface area (Å²) in [4.78, 5) is 26.8. The summed E-state index contributed by atoms with van der Waals surface area (Å²) < 4.78 is 41.3. The molecule has 9 nitrogen and oxygen atoms in total. The molecule has 4 aromatic rings. The van der Waals surface area contributed by atoms with E-state index in [2.05, 4.69) is 52.5 Å². The molecule has 0 radical (unpaired) electrons. The van der Waals surface area contributed by atoms with Gasteiger partial charge < -0.3 is 29.4 Å². The van der Waals surface area contributed by atoms with Crippen LogP contribution in [0.25, 0.3) is 0 Å². The molecule has 11 heteroatoms. The van der Waals surface area contributed by atoms with Gasteiger partial charge in [-0.25, -0.2) is 4.39 Å². The van der Waals surface area contributed by atoms with Crippen LogP contribution in [0.5, 0.6) is 11.6 Å². The molecule has 2 fully saturated rings. The van der Waals surface area contributed by atoms with Crippen molar-refractivity contribution in [2.75, 3.05) is 19.6 Å². The van der Waals surface area contributed by atoms with Crippen molar-refractivity contribution in [2.45, 2.75) is 85.2 Å². The number of ketones is 1. The summed E-state index contributed by atoms with van der Waals surface area (Å²) in [6.45, 7) is 12.2. The van der Waals surface area contributed by atoms with Gasteiger partial charge in [0.2, 0.25) is 11.4 Å². The van der Waals surface area contributed by atoms with Gasteiger partial charge in [0.25, 0.3) is 5.88 Å². The molecule has 4 aliphatic rings. The lowest BCUT2D eigenvalue weighted by molar-refractivity contribution is -0.105. The van der Waals surface area contributed by atoms with Crippen LogP contribution in [-0.4, -0.2) is 42.5 Å². The number of nitrogens with one attached hydrogen (secondary N) is 2. The molecule has 3 aromatic carbocycles. The molecule has 1 spiro atoms. The second-order valence-electron chi connectivity index (χ2n) is 16.1. The topological polar surface area (TPSA) is 115 Å². The number of rotatable bonds is 12. The van der Waals surface area contributed by atoms with E-state index in [-0.39, 0.29) is 59.9 Å². The highest BCUT2D eigenvalue weighted by Crippen LogP contribution is 2.61. The minimum Gasteiger partial charge on any atom is -0.487 e. The number of benzene rings is 3. The summed E-state index contributed by atoms with van der Waals surface area (Å²) in [6.07, 6.45) is 4.58. The average Bonchev–Trinajstić information content (AvgIpc) is 3.46. The Hall–Kier alpha value is -4.32. The Labute approximate surface area is 330 Å². The summed E-state index contributed by atoms with van der Waals surface area (Å²) in [7, 11) is 0. The first-order valence-corrected chi connectivity index (χ1v) is 20.0. The molecular formula is C44H49BrFN3O6. The Kier molecular flexibility index (Phi) is 11.6. The Morgan fingerprint density at radius 3 is 2.27 bits per heavy atom. The molecule has 0 bridgehead atoms. The van der Waals surface area contributed by atoms with Gasteiger partial charge in [-0.3, -0.25) is 9.59 Å². The number of epoxide rings is 1. The summed E-state index contributed by atoms with van der Waals surface area (Å²) in [5.74, 6) is 0.138. The fourth-order valence-corrected chi connectivity index (χ4v) is 8.65. The van der Waals surface area contributed by atoms with Crippen LogP contribution in [-0.2, 0) is 42.1 Å². The Morgan fingerprint density at radius 2 is 1.67 bits per heavy atom. The number of hydrogen-bond donors (Lipinski definition) is 2. The predicted molar refractivity (Wildman–Crippen MR) is 210 cm³/mol. The molecule has 1 aromatic heterocycles. The third kappa shape index (κ3) is 8.16. The van der Waals surface area contributed by atoms with Crippen molar-refractivity contribution in [1.29, 1.82) is 0 Å². The minimum atomic E-state index is -1.25. The second kappa shape index (κ2) is 16.4. The van der Waals surface area contributed by atoms with Crippen LogP contribution < -0.4 is 20.1 Å². The highest BCUT2D eigenvalue weighted by Gasteiger charge is 2.71. The molecule has 3 atom stereocenters. The molecule has 2 N–H and O–H groups in total. The fourth-order valence-electron chi connectivity index (χ4n) is 7.92. The van der Waals surface area contributed by atoms with E-state index in [9.17, 15) is 9.59 Å². The summed E-state index contributed by atoms with van der Waals surface area (Å²) in [6, 6.07) is 19.4. The van der Waals surface area contributed by atoms with E-state index in [4.69, 9.17) is 18.7 Å². The van der Waals surface area contributed by atoms with E-state index in [0.29, 0.717) is 70.0 Å². The zero-order valence-electron chi connectivity index (χ0n) is 31.9. The fraction of sp³-hybridized carbons (Fsp3) is 0.432. The van der Waals surface area contributed by atoms with E-state index in [1.165, 1.54) is 25.9 Å². The van der Waals surface area contributed by atoms with Crippen LogP contribution >= 0.6 is 15.9 Å². The van der Waals surface area contributed by atoms with Crippen molar-refractivity contribution in [2.24, 2.45) is 17.3 Å². The summed E-state index contributed by atoms with van der Waals surface area (Å²) in [5.41, 5.74) is 2.91. The maximum atomic E-state index is 16.7. The van der Waals surface area contributed by atoms with E-state index in [1.54, 1.807) is 0 Å². The second-order valence-corrected chi connectivity index (χ2v) is 16.9. The van der Waals surface area contributed by atoms with Crippen LogP contribution in [0, 0.1) is 30.0 Å². The number of nitrogens with zero attached hydrogens (tertiary/aromatic N) is 1. The molecule has 290 valence electrons. The van der Waals surface area contributed by atoms with Gasteiger partial charge >= 0.3 is 0 Å². The number of hydrogen-bond acceptors (Lipinski definition) is 9. The number of aldehydes is 1. The zero-order chi connectivity index (χ0) is 38.7. The number of halogens is 2. The number of aromatic nitrogens is 1. The number of allylic oxidation sites excluding steroid dienone is 1. The van der Waals surface area contributed by atoms with Crippen LogP contribution in [0.1, 0.15) is 84.0 Å². The summed E-state index contributed by atoms with van der Waals surface area (Å²) in [5, 5.41) is 10.7. The Balaban J connectivity index is 0.000000862. The van der Waals surface area contributed by atoms with Crippen molar-refractivity contribution in [1.82, 2.24) is 15.8 Å².